The van der Waals surface area contributed by atoms with E-state index in [0.29, 0.717) is 25.9 Å². The molecule has 0 aromatic carbocycles. The molecule has 1 unspecified atom stereocenters. The number of nitrogens with two attached hydrogens (primary N) is 1. The van der Waals surface area contributed by atoms with Crippen LogP contribution in [0.3, 0.4) is 0 Å². The van der Waals surface area contributed by atoms with Gasteiger partial charge in [-0.1, -0.05) is 0 Å². The number of hydrogen-bond donors (Lipinski definition) is 3. The summed E-state index contributed by atoms with van der Waals surface area (Å²) < 4.78 is 0. The smallest absolute Gasteiger partial charge is 0.317 e. The molecule has 2 amide bonds. The van der Waals surface area contributed by atoms with Crippen molar-refractivity contribution >= 4 is 12.0 Å². The Morgan fingerprint density at radius 1 is 1.47 bits per heavy atom. The van der Waals surface area contributed by atoms with Crippen LogP contribution in [0.1, 0.15) is 25.7 Å². The molecule has 1 aliphatic heterocycles. The molecule has 6 heteroatoms. The molecule has 0 radical (unpaired) electrons. The number of nitrogens with one attached hydrogen (secondary N) is 1. The van der Waals surface area contributed by atoms with Crippen LogP contribution in [-0.2, 0) is 4.79 Å². The zero-order chi connectivity index (χ0) is 12.5. The van der Waals surface area contributed by atoms with Crippen molar-refractivity contribution in [3.8, 4) is 0 Å². The standard InChI is InChI=1S/C11H19N3O3/c12-8-2-1-5-14(6-8)10(17)13-7-11(3-4-11)9(15)16/h8H,1-7,12H2,(H,13,17)(H,15,16). The van der Waals surface area contributed by atoms with Crippen LogP contribution >= 0.6 is 0 Å². The van der Waals surface area contributed by atoms with E-state index >= 15 is 0 Å². The summed E-state index contributed by atoms with van der Waals surface area (Å²) in [4.78, 5) is 24.4. The number of nitrogens with zero attached hydrogens (tertiary/aromatic N) is 1. The first kappa shape index (κ1) is 12.2. The van der Waals surface area contributed by atoms with Crippen molar-refractivity contribution in [3.63, 3.8) is 0 Å². The highest BCUT2D eigenvalue weighted by Gasteiger charge is 2.50. The van der Waals surface area contributed by atoms with Crippen molar-refractivity contribution in [2.45, 2.75) is 31.7 Å². The van der Waals surface area contributed by atoms with Gasteiger partial charge in [-0.2, -0.15) is 0 Å². The third-order valence-electron chi connectivity index (χ3n) is 3.63. The van der Waals surface area contributed by atoms with Gasteiger partial charge in [0.1, 0.15) is 0 Å². The summed E-state index contributed by atoms with van der Waals surface area (Å²) in [5.74, 6) is -0.812. The maximum absolute atomic E-state index is 11.8. The minimum absolute atomic E-state index is 0.0452. The van der Waals surface area contributed by atoms with E-state index in [1.807, 2.05) is 0 Å². The molecule has 1 heterocycles. The molecule has 0 spiro atoms. The Morgan fingerprint density at radius 2 is 2.18 bits per heavy atom. The lowest BCUT2D eigenvalue weighted by Crippen LogP contribution is -2.50. The summed E-state index contributed by atoms with van der Waals surface area (Å²) in [5, 5.41) is 11.7. The second kappa shape index (κ2) is 4.52. The van der Waals surface area contributed by atoms with Crippen molar-refractivity contribution in [3.05, 3.63) is 0 Å². The van der Waals surface area contributed by atoms with Gasteiger partial charge < -0.3 is 21.1 Å². The molecule has 1 saturated carbocycles. The predicted molar refractivity (Wildman–Crippen MR) is 61.5 cm³/mol. The molecule has 2 aliphatic rings. The molecule has 6 nitrogen and oxygen atoms in total. The van der Waals surface area contributed by atoms with Crippen LogP contribution in [0.25, 0.3) is 0 Å². The zero-order valence-corrected chi connectivity index (χ0v) is 9.82. The molecule has 0 aromatic rings. The Kier molecular flexibility index (Phi) is 3.24. The zero-order valence-electron chi connectivity index (χ0n) is 9.82. The van der Waals surface area contributed by atoms with E-state index in [0.717, 1.165) is 12.8 Å². The summed E-state index contributed by atoms with van der Waals surface area (Å²) >= 11 is 0. The SMILES string of the molecule is NC1CCCN(C(=O)NCC2(C(=O)O)CC2)C1. The lowest BCUT2D eigenvalue weighted by atomic mass is 10.1. The summed E-state index contributed by atoms with van der Waals surface area (Å²) in [6, 6.07) is -0.142. The highest BCUT2D eigenvalue weighted by atomic mass is 16.4. The van der Waals surface area contributed by atoms with E-state index in [1.54, 1.807) is 4.90 Å². The molecular formula is C11H19N3O3. The first-order valence-corrected chi connectivity index (χ1v) is 6.05. The Balaban J connectivity index is 1.79. The van der Waals surface area contributed by atoms with Crippen LogP contribution in [0, 0.1) is 5.41 Å². The van der Waals surface area contributed by atoms with Gasteiger partial charge in [-0.05, 0) is 25.7 Å². The summed E-state index contributed by atoms with van der Waals surface area (Å²) in [7, 11) is 0. The van der Waals surface area contributed by atoms with Gasteiger partial charge in [-0.25, -0.2) is 4.79 Å². The molecule has 2 fully saturated rings. The van der Waals surface area contributed by atoms with Gasteiger partial charge in [0.05, 0.1) is 5.41 Å². The van der Waals surface area contributed by atoms with E-state index < -0.39 is 11.4 Å². The minimum Gasteiger partial charge on any atom is -0.481 e. The number of carbonyl (C=O) groups excluding carboxylic acids is 1. The fourth-order valence-corrected chi connectivity index (χ4v) is 2.17. The highest BCUT2D eigenvalue weighted by molar-refractivity contribution is 5.80. The van der Waals surface area contributed by atoms with E-state index in [2.05, 4.69) is 5.32 Å². The minimum atomic E-state index is -0.812. The molecule has 17 heavy (non-hydrogen) atoms. The van der Waals surface area contributed by atoms with Crippen LogP contribution in [0.2, 0.25) is 0 Å². The monoisotopic (exact) mass is 241 g/mol. The molecule has 96 valence electrons. The Morgan fingerprint density at radius 3 is 2.71 bits per heavy atom. The maximum Gasteiger partial charge on any atom is 0.317 e. The van der Waals surface area contributed by atoms with E-state index in [9.17, 15) is 9.59 Å². The number of carboxylic acid groups (broad SMARTS) is 1. The molecule has 4 N–H and O–H groups in total. The van der Waals surface area contributed by atoms with E-state index in [4.69, 9.17) is 10.8 Å². The van der Waals surface area contributed by atoms with Gasteiger partial charge in [0, 0.05) is 25.7 Å². The van der Waals surface area contributed by atoms with Gasteiger partial charge in [0.25, 0.3) is 0 Å². The van der Waals surface area contributed by atoms with Crippen LogP contribution in [0.4, 0.5) is 4.79 Å². The second-order valence-corrected chi connectivity index (χ2v) is 5.09. The summed E-state index contributed by atoms with van der Waals surface area (Å²) in [6.07, 6.45) is 3.17. The predicted octanol–water partition coefficient (Wildman–Crippen LogP) is -0.0161. The van der Waals surface area contributed by atoms with Crippen LogP contribution < -0.4 is 11.1 Å². The number of amides is 2. The average molecular weight is 241 g/mol. The first-order chi connectivity index (χ1) is 8.03. The van der Waals surface area contributed by atoms with Crippen LogP contribution in [-0.4, -0.2) is 47.7 Å². The number of hydrogen-bond acceptors (Lipinski definition) is 3. The number of likely N-dealkylation sites (tertiary alicyclic amines) is 1. The number of aliphatic carboxylic acids is 1. The molecule has 2 rings (SSSR count). The normalized spacial score (nSPS) is 26.4. The van der Waals surface area contributed by atoms with Crippen molar-refractivity contribution in [1.29, 1.82) is 0 Å². The fourth-order valence-electron chi connectivity index (χ4n) is 2.17. The Labute approximate surface area is 100 Å². The van der Waals surface area contributed by atoms with Gasteiger partial charge in [-0.15, -0.1) is 0 Å². The summed E-state index contributed by atoms with van der Waals surface area (Å²) in [6.45, 7) is 1.50. The Bertz CT molecular complexity index is 328. The average Bonchev–Trinajstić information content (AvgIpc) is 3.07. The van der Waals surface area contributed by atoms with Crippen molar-refractivity contribution < 1.29 is 14.7 Å². The number of rotatable bonds is 3. The highest BCUT2D eigenvalue weighted by Crippen LogP contribution is 2.45. The van der Waals surface area contributed by atoms with E-state index in [1.165, 1.54) is 0 Å². The molecule has 0 aromatic heterocycles. The molecule has 1 aliphatic carbocycles. The number of urea groups is 1. The van der Waals surface area contributed by atoms with Gasteiger partial charge >= 0.3 is 12.0 Å². The van der Waals surface area contributed by atoms with Gasteiger partial charge in [0.15, 0.2) is 0 Å². The lowest BCUT2D eigenvalue weighted by molar-refractivity contribution is -0.143. The van der Waals surface area contributed by atoms with E-state index in [-0.39, 0.29) is 18.6 Å². The second-order valence-electron chi connectivity index (χ2n) is 5.09. The third-order valence-corrected chi connectivity index (χ3v) is 3.63. The van der Waals surface area contributed by atoms with Gasteiger partial charge in [-0.3, -0.25) is 4.79 Å². The fraction of sp³-hybridized carbons (Fsp3) is 0.818. The van der Waals surface area contributed by atoms with Crippen molar-refractivity contribution in [2.75, 3.05) is 19.6 Å². The van der Waals surface area contributed by atoms with Gasteiger partial charge in [0.2, 0.25) is 0 Å². The lowest BCUT2D eigenvalue weighted by Gasteiger charge is -2.31. The Hall–Kier alpha value is -1.30. The number of carbonyl (C=O) groups is 2. The molecular weight excluding hydrogens is 222 g/mol. The third kappa shape index (κ3) is 2.69. The molecule has 0 bridgehead atoms. The largest absolute Gasteiger partial charge is 0.481 e. The van der Waals surface area contributed by atoms with Crippen LogP contribution in [0.5, 0.6) is 0 Å². The van der Waals surface area contributed by atoms with Crippen molar-refractivity contribution in [1.82, 2.24) is 10.2 Å². The van der Waals surface area contributed by atoms with Crippen molar-refractivity contribution in [2.24, 2.45) is 11.1 Å². The summed E-state index contributed by atoms with van der Waals surface area (Å²) in [5.41, 5.74) is 5.09. The number of carboxylic acids is 1. The quantitative estimate of drug-likeness (QED) is 0.647. The first-order valence-electron chi connectivity index (χ1n) is 6.05. The topological polar surface area (TPSA) is 95.7 Å². The molecule has 1 atom stereocenters. The van der Waals surface area contributed by atoms with Crippen LogP contribution in [0.15, 0.2) is 0 Å². The number of piperidine rings is 1. The molecule has 1 saturated heterocycles. The maximum atomic E-state index is 11.8.